The Bertz CT molecular complexity index is 569. The topological polar surface area (TPSA) is 21.3 Å². The van der Waals surface area contributed by atoms with Gasteiger partial charge in [-0.1, -0.05) is 41.9 Å². The van der Waals surface area contributed by atoms with Gasteiger partial charge in [-0.3, -0.25) is 0 Å². The average molecular weight is 290 g/mol. The molecule has 0 atom stereocenters. The van der Waals surface area contributed by atoms with Crippen molar-refractivity contribution in [3.8, 4) is 0 Å². The number of benzene rings is 2. The maximum Gasteiger partial charge on any atom is 0.0713 e. The molecule has 0 fully saturated rings. The fourth-order valence-corrected chi connectivity index (χ4v) is 2.42. The quantitative estimate of drug-likeness (QED) is 0.865. The zero-order valence-electron chi connectivity index (χ0n) is 11.9. The van der Waals surface area contributed by atoms with E-state index in [-0.39, 0.29) is 0 Å². The van der Waals surface area contributed by atoms with E-state index in [4.69, 9.17) is 16.3 Å². The van der Waals surface area contributed by atoms with Crippen LogP contribution in [-0.2, 0) is 24.4 Å². The van der Waals surface area contributed by atoms with Gasteiger partial charge in [0.2, 0.25) is 0 Å². The average Bonchev–Trinajstić information content (AvgIpc) is 2.42. The van der Waals surface area contributed by atoms with E-state index in [0.717, 1.165) is 18.1 Å². The molecule has 20 heavy (non-hydrogen) atoms. The van der Waals surface area contributed by atoms with Crippen LogP contribution in [0.5, 0.6) is 0 Å². The third-order valence-electron chi connectivity index (χ3n) is 3.25. The summed E-state index contributed by atoms with van der Waals surface area (Å²) in [4.78, 5) is 0. The van der Waals surface area contributed by atoms with Crippen LogP contribution in [-0.4, -0.2) is 7.11 Å². The van der Waals surface area contributed by atoms with Crippen LogP contribution in [0.2, 0.25) is 5.02 Å². The molecule has 0 aliphatic heterocycles. The van der Waals surface area contributed by atoms with Gasteiger partial charge in [0, 0.05) is 25.2 Å². The molecule has 0 aliphatic rings. The molecule has 0 saturated heterocycles. The van der Waals surface area contributed by atoms with Gasteiger partial charge < -0.3 is 10.1 Å². The van der Waals surface area contributed by atoms with Gasteiger partial charge in [-0.15, -0.1) is 0 Å². The first-order chi connectivity index (χ1) is 9.69. The summed E-state index contributed by atoms with van der Waals surface area (Å²) in [5.74, 6) is 0. The molecule has 0 aliphatic carbocycles. The van der Waals surface area contributed by atoms with Gasteiger partial charge in [0.1, 0.15) is 0 Å². The van der Waals surface area contributed by atoms with Crippen LogP contribution in [0.3, 0.4) is 0 Å². The Morgan fingerprint density at radius 1 is 1.05 bits per heavy atom. The minimum absolute atomic E-state index is 0.657. The van der Waals surface area contributed by atoms with E-state index in [1.807, 2.05) is 12.1 Å². The lowest BCUT2D eigenvalue weighted by molar-refractivity contribution is 0.185. The molecule has 2 aromatic rings. The molecule has 2 rings (SSSR count). The highest BCUT2D eigenvalue weighted by atomic mass is 35.5. The number of nitrogens with one attached hydrogen (secondary N) is 1. The van der Waals surface area contributed by atoms with Gasteiger partial charge in [0.15, 0.2) is 0 Å². The van der Waals surface area contributed by atoms with Crippen molar-refractivity contribution in [2.24, 2.45) is 0 Å². The number of aryl methyl sites for hydroxylation is 1. The molecule has 0 heterocycles. The molecule has 3 heteroatoms. The Labute approximate surface area is 125 Å². The lowest BCUT2D eigenvalue weighted by Crippen LogP contribution is -2.13. The fourth-order valence-electron chi connectivity index (χ4n) is 2.20. The molecule has 0 aromatic heterocycles. The number of ether oxygens (including phenoxy) is 1. The summed E-state index contributed by atoms with van der Waals surface area (Å²) >= 11 is 5.96. The predicted molar refractivity (Wildman–Crippen MR) is 83.9 cm³/mol. The molecule has 0 amide bonds. The molecule has 0 spiro atoms. The monoisotopic (exact) mass is 289 g/mol. The first kappa shape index (κ1) is 15.0. The van der Waals surface area contributed by atoms with Crippen molar-refractivity contribution >= 4 is 11.6 Å². The van der Waals surface area contributed by atoms with Crippen molar-refractivity contribution in [2.75, 3.05) is 7.11 Å². The van der Waals surface area contributed by atoms with E-state index < -0.39 is 0 Å². The van der Waals surface area contributed by atoms with Crippen molar-refractivity contribution in [2.45, 2.75) is 26.6 Å². The van der Waals surface area contributed by atoms with E-state index in [2.05, 4.69) is 42.6 Å². The van der Waals surface area contributed by atoms with E-state index >= 15 is 0 Å². The number of rotatable bonds is 6. The van der Waals surface area contributed by atoms with Crippen LogP contribution in [0.15, 0.2) is 42.5 Å². The number of hydrogen-bond donors (Lipinski definition) is 1. The summed E-state index contributed by atoms with van der Waals surface area (Å²) in [7, 11) is 1.72. The molecule has 2 aromatic carbocycles. The summed E-state index contributed by atoms with van der Waals surface area (Å²) in [6.07, 6.45) is 0. The maximum atomic E-state index is 5.96. The zero-order chi connectivity index (χ0) is 14.4. The Morgan fingerprint density at radius 3 is 2.60 bits per heavy atom. The Morgan fingerprint density at radius 2 is 1.85 bits per heavy atom. The summed E-state index contributed by atoms with van der Waals surface area (Å²) < 4.78 is 5.15. The van der Waals surface area contributed by atoms with E-state index in [9.17, 15) is 0 Å². The number of halogens is 1. The second-order valence-electron chi connectivity index (χ2n) is 4.93. The minimum Gasteiger partial charge on any atom is -0.380 e. The summed E-state index contributed by atoms with van der Waals surface area (Å²) in [5.41, 5.74) is 4.97. The second kappa shape index (κ2) is 7.44. The molecule has 106 valence electrons. The zero-order valence-corrected chi connectivity index (χ0v) is 12.7. The van der Waals surface area contributed by atoms with Crippen molar-refractivity contribution < 1.29 is 4.74 Å². The van der Waals surface area contributed by atoms with Crippen molar-refractivity contribution in [3.05, 3.63) is 69.7 Å². The van der Waals surface area contributed by atoms with Crippen LogP contribution in [0.25, 0.3) is 0 Å². The van der Waals surface area contributed by atoms with Gasteiger partial charge in [-0.2, -0.15) is 0 Å². The highest BCUT2D eigenvalue weighted by molar-refractivity contribution is 6.30. The molecule has 1 N–H and O–H groups in total. The normalized spacial score (nSPS) is 10.8. The van der Waals surface area contributed by atoms with Gasteiger partial charge in [-0.05, 0) is 41.3 Å². The predicted octanol–water partition coefficient (Wildman–Crippen LogP) is 4.08. The third-order valence-corrected chi connectivity index (χ3v) is 3.49. The first-order valence-electron chi connectivity index (χ1n) is 6.71. The molecular weight excluding hydrogens is 270 g/mol. The largest absolute Gasteiger partial charge is 0.380 e. The highest BCUT2D eigenvalue weighted by Gasteiger charge is 2.00. The molecular formula is C17H20ClNO. The SMILES string of the molecule is COCc1cccc(CNCc2ccc(Cl)cc2C)c1. The van der Waals surface area contributed by atoms with Crippen molar-refractivity contribution in [1.29, 1.82) is 0 Å². The summed E-state index contributed by atoms with van der Waals surface area (Å²) in [6.45, 7) is 4.43. The Balaban J connectivity index is 1.90. The van der Waals surface area contributed by atoms with Crippen molar-refractivity contribution in [3.63, 3.8) is 0 Å². The molecule has 2 nitrogen and oxygen atoms in total. The summed E-state index contributed by atoms with van der Waals surface area (Å²) in [5, 5.41) is 4.25. The third kappa shape index (κ3) is 4.34. The lowest BCUT2D eigenvalue weighted by atomic mass is 10.1. The van der Waals surface area contributed by atoms with E-state index in [0.29, 0.717) is 6.61 Å². The lowest BCUT2D eigenvalue weighted by Gasteiger charge is -2.09. The molecule has 0 bridgehead atoms. The molecule has 0 radical (unpaired) electrons. The fraction of sp³-hybridized carbons (Fsp3) is 0.294. The number of methoxy groups -OCH3 is 1. The minimum atomic E-state index is 0.657. The Hall–Kier alpha value is -1.35. The smallest absolute Gasteiger partial charge is 0.0713 e. The Kier molecular flexibility index (Phi) is 5.60. The van der Waals surface area contributed by atoms with Gasteiger partial charge in [0.05, 0.1) is 6.61 Å². The van der Waals surface area contributed by atoms with Gasteiger partial charge in [0.25, 0.3) is 0 Å². The van der Waals surface area contributed by atoms with Gasteiger partial charge in [-0.25, -0.2) is 0 Å². The van der Waals surface area contributed by atoms with E-state index in [1.54, 1.807) is 7.11 Å². The molecule has 0 saturated carbocycles. The second-order valence-corrected chi connectivity index (χ2v) is 5.36. The van der Waals surface area contributed by atoms with Crippen LogP contribution in [0.1, 0.15) is 22.3 Å². The van der Waals surface area contributed by atoms with Crippen molar-refractivity contribution in [1.82, 2.24) is 5.32 Å². The van der Waals surface area contributed by atoms with Gasteiger partial charge >= 0.3 is 0 Å². The number of hydrogen-bond acceptors (Lipinski definition) is 2. The summed E-state index contributed by atoms with van der Waals surface area (Å²) in [6, 6.07) is 14.5. The first-order valence-corrected chi connectivity index (χ1v) is 7.09. The van der Waals surface area contributed by atoms with E-state index in [1.165, 1.54) is 22.3 Å². The maximum absolute atomic E-state index is 5.96. The van der Waals surface area contributed by atoms with Crippen LogP contribution < -0.4 is 5.32 Å². The van der Waals surface area contributed by atoms with Crippen LogP contribution in [0, 0.1) is 6.92 Å². The van der Waals surface area contributed by atoms with Crippen LogP contribution >= 0.6 is 11.6 Å². The standard InChI is InChI=1S/C17H20ClNO/c1-13-8-17(18)7-6-16(13)11-19-10-14-4-3-5-15(9-14)12-20-2/h3-9,19H,10-12H2,1-2H3. The highest BCUT2D eigenvalue weighted by Crippen LogP contribution is 2.15. The van der Waals surface area contributed by atoms with Crippen LogP contribution in [0.4, 0.5) is 0 Å². The molecule has 0 unspecified atom stereocenters.